The molecule has 7 rings (SSSR count). The number of carboxylic acid groups (broad SMARTS) is 1. The van der Waals surface area contributed by atoms with Crippen molar-refractivity contribution in [2.24, 2.45) is 56.7 Å². The van der Waals surface area contributed by atoms with Crippen molar-refractivity contribution < 1.29 is 24.6 Å². The number of likely N-dealkylation sites (N-methyl/N-ethyl adjacent to an activating group) is 1. The SMILES string of the molecule is CC(C)C1=C2[C@H]3CC[C@@H]4[C@@]5(C)CC=C(c6ccc(C(=O)O)cc6)C(C)(C)C5CC[C@@]4(C)[C@]3(C)CC[C@@]2([C@@H](O)CN(CC2CCC2)C(=O)CN(C)C)CC1=O. The van der Waals surface area contributed by atoms with E-state index in [0.717, 1.165) is 68.9 Å². The van der Waals surface area contributed by atoms with Gasteiger partial charge in [0.1, 0.15) is 0 Å². The second-order valence-corrected chi connectivity index (χ2v) is 20.6. The molecule has 6 aliphatic carbocycles. The topological polar surface area (TPSA) is 98.2 Å². The molecule has 7 heteroatoms. The minimum Gasteiger partial charge on any atom is -0.478 e. The molecule has 0 aromatic heterocycles. The molecule has 0 spiro atoms. The fraction of sp³-hybridized carbons (Fsp3) is 0.723. The van der Waals surface area contributed by atoms with Gasteiger partial charge in [0.25, 0.3) is 0 Å². The van der Waals surface area contributed by atoms with Gasteiger partial charge < -0.3 is 20.0 Å². The molecule has 0 heterocycles. The zero-order valence-electron chi connectivity index (χ0n) is 34.8. The molecular formula is C47H68N2O5. The molecule has 1 amide bonds. The lowest BCUT2D eigenvalue weighted by Gasteiger charge is -2.71. The monoisotopic (exact) mass is 741 g/mol. The van der Waals surface area contributed by atoms with E-state index in [1.807, 2.05) is 36.0 Å². The zero-order chi connectivity index (χ0) is 39.2. The van der Waals surface area contributed by atoms with Crippen LogP contribution in [0.3, 0.4) is 0 Å². The van der Waals surface area contributed by atoms with Gasteiger partial charge in [0.2, 0.25) is 5.91 Å². The number of aromatic carboxylic acids is 1. The smallest absolute Gasteiger partial charge is 0.335 e. The first-order chi connectivity index (χ1) is 25.3. The van der Waals surface area contributed by atoms with Crippen LogP contribution in [0.1, 0.15) is 135 Å². The number of carbonyl (C=O) groups excluding carboxylic acids is 2. The van der Waals surface area contributed by atoms with E-state index in [4.69, 9.17) is 0 Å². The van der Waals surface area contributed by atoms with E-state index >= 15 is 0 Å². The van der Waals surface area contributed by atoms with Crippen molar-refractivity contribution >= 4 is 23.2 Å². The number of Topliss-reactive ketones (excluding diaryl/α,β-unsaturated/α-hetero) is 1. The number of benzene rings is 1. The Morgan fingerprint density at radius 2 is 1.57 bits per heavy atom. The number of carbonyl (C=O) groups is 3. The maximum atomic E-state index is 14.2. The Morgan fingerprint density at radius 1 is 0.889 bits per heavy atom. The Balaban J connectivity index is 1.22. The normalized spacial score (nSPS) is 36.5. The van der Waals surface area contributed by atoms with Crippen LogP contribution in [0.5, 0.6) is 0 Å². The summed E-state index contributed by atoms with van der Waals surface area (Å²) in [4.78, 5) is 43.4. The van der Waals surface area contributed by atoms with Gasteiger partial charge >= 0.3 is 5.97 Å². The first-order valence-corrected chi connectivity index (χ1v) is 21.2. The van der Waals surface area contributed by atoms with Crippen molar-refractivity contribution in [3.05, 3.63) is 52.6 Å². The van der Waals surface area contributed by atoms with Crippen molar-refractivity contribution in [1.82, 2.24) is 9.80 Å². The number of allylic oxidation sites excluding steroid dienone is 3. The lowest BCUT2D eigenvalue weighted by atomic mass is 9.33. The highest BCUT2D eigenvalue weighted by Gasteiger charge is 2.70. The second kappa shape index (κ2) is 13.7. The minimum absolute atomic E-state index is 0.0135. The number of rotatable bonds is 10. The van der Waals surface area contributed by atoms with E-state index in [2.05, 4.69) is 54.5 Å². The maximum absolute atomic E-state index is 14.2. The summed E-state index contributed by atoms with van der Waals surface area (Å²) in [6.07, 6.45) is 12.8. The van der Waals surface area contributed by atoms with Crippen LogP contribution in [-0.2, 0) is 9.59 Å². The van der Waals surface area contributed by atoms with Gasteiger partial charge in [0.05, 0.1) is 18.2 Å². The first kappa shape index (κ1) is 39.5. The van der Waals surface area contributed by atoms with Crippen LogP contribution >= 0.6 is 0 Å². The number of fused-ring (bicyclic) bond motifs is 7. The molecular weight excluding hydrogens is 673 g/mol. The molecule has 7 nitrogen and oxygen atoms in total. The molecule has 1 aromatic rings. The fourth-order valence-corrected chi connectivity index (χ4v) is 14.0. The summed E-state index contributed by atoms with van der Waals surface area (Å²) in [5.41, 5.74) is 4.54. The fourth-order valence-electron chi connectivity index (χ4n) is 14.0. The molecule has 1 aromatic carbocycles. The van der Waals surface area contributed by atoms with Crippen LogP contribution in [0.2, 0.25) is 0 Å². The van der Waals surface area contributed by atoms with Gasteiger partial charge in [-0.2, -0.15) is 0 Å². The quantitative estimate of drug-likeness (QED) is 0.249. The Kier molecular flexibility index (Phi) is 10.0. The lowest BCUT2D eigenvalue weighted by Crippen LogP contribution is -2.65. The van der Waals surface area contributed by atoms with E-state index < -0.39 is 17.5 Å². The molecule has 0 bridgehead atoms. The highest BCUT2D eigenvalue weighted by molar-refractivity contribution is 6.01. The highest BCUT2D eigenvalue weighted by atomic mass is 16.4. The van der Waals surface area contributed by atoms with Crippen LogP contribution in [0.15, 0.2) is 41.5 Å². The number of amides is 1. The van der Waals surface area contributed by atoms with E-state index in [1.54, 1.807) is 12.1 Å². The number of carboxylic acids is 1. The molecule has 1 unspecified atom stereocenters. The van der Waals surface area contributed by atoms with Crippen molar-refractivity contribution in [3.63, 3.8) is 0 Å². The third kappa shape index (κ3) is 5.91. The molecule has 4 fully saturated rings. The average molecular weight is 741 g/mol. The Bertz CT molecular complexity index is 1740. The van der Waals surface area contributed by atoms with Gasteiger partial charge in [-0.1, -0.05) is 78.7 Å². The van der Waals surface area contributed by atoms with E-state index in [9.17, 15) is 24.6 Å². The van der Waals surface area contributed by atoms with Crippen molar-refractivity contribution in [2.75, 3.05) is 33.7 Å². The number of ketones is 1. The van der Waals surface area contributed by atoms with Crippen molar-refractivity contribution in [3.8, 4) is 0 Å². The number of hydrogen-bond donors (Lipinski definition) is 2. The summed E-state index contributed by atoms with van der Waals surface area (Å²) < 4.78 is 0. The molecule has 6 aliphatic rings. The summed E-state index contributed by atoms with van der Waals surface area (Å²) in [6, 6.07) is 7.47. The second-order valence-electron chi connectivity index (χ2n) is 20.6. The summed E-state index contributed by atoms with van der Waals surface area (Å²) in [7, 11) is 3.86. The summed E-state index contributed by atoms with van der Waals surface area (Å²) >= 11 is 0. The average Bonchev–Trinajstić information content (AvgIpc) is 3.38. The molecule has 0 aliphatic heterocycles. The van der Waals surface area contributed by atoms with E-state index in [0.29, 0.717) is 49.4 Å². The highest BCUT2D eigenvalue weighted by Crippen LogP contribution is 2.77. The number of aliphatic hydroxyl groups excluding tert-OH is 1. The predicted molar refractivity (Wildman–Crippen MR) is 215 cm³/mol. The third-order valence-corrected chi connectivity index (χ3v) is 17.0. The molecule has 2 N–H and O–H groups in total. The van der Waals surface area contributed by atoms with Crippen LogP contribution in [0, 0.1) is 56.7 Å². The van der Waals surface area contributed by atoms with Gasteiger partial charge in [0, 0.05) is 24.9 Å². The minimum atomic E-state index is -0.893. The Morgan fingerprint density at radius 3 is 2.17 bits per heavy atom. The van der Waals surface area contributed by atoms with Gasteiger partial charge in [0.15, 0.2) is 5.78 Å². The van der Waals surface area contributed by atoms with E-state index in [1.165, 1.54) is 17.6 Å². The number of hydrogen-bond acceptors (Lipinski definition) is 5. The van der Waals surface area contributed by atoms with Gasteiger partial charge in [-0.05, 0) is 152 Å². The standard InChI is InChI=1S/C47H68N2O5/c1-29(2)40-35(50)25-47(38(51)27-49(26-30-11-10-12-30)39(52)28-48(8)9)24-23-45(6)34(41(40)47)17-18-37-44(5)21-19-33(31-13-15-32(16-14-31)42(53)54)43(3,4)36(44)20-22-46(37,45)7/h13-16,19,29-30,34,36-38,51H,10-12,17-18,20-28H2,1-9H3,(H,53,54)/t34-,36?,37-,38+,44+,45-,46-,47+/m1/s1. The first-order valence-electron chi connectivity index (χ1n) is 21.2. The summed E-state index contributed by atoms with van der Waals surface area (Å²) in [6.45, 7) is 18.2. The van der Waals surface area contributed by atoms with Crippen LogP contribution in [-0.4, -0.2) is 77.5 Å². The molecule has 54 heavy (non-hydrogen) atoms. The largest absolute Gasteiger partial charge is 0.478 e. The molecule has 0 radical (unpaired) electrons. The van der Waals surface area contributed by atoms with Crippen LogP contribution in [0.25, 0.3) is 5.57 Å². The predicted octanol–water partition coefficient (Wildman–Crippen LogP) is 8.91. The summed E-state index contributed by atoms with van der Waals surface area (Å²) in [5, 5.41) is 22.1. The molecule has 4 saturated carbocycles. The maximum Gasteiger partial charge on any atom is 0.335 e. The van der Waals surface area contributed by atoms with Crippen LogP contribution in [0.4, 0.5) is 0 Å². The molecule has 296 valence electrons. The van der Waals surface area contributed by atoms with Gasteiger partial charge in [-0.15, -0.1) is 0 Å². The van der Waals surface area contributed by atoms with Gasteiger partial charge in [-0.3, -0.25) is 9.59 Å². The lowest BCUT2D eigenvalue weighted by molar-refractivity contribution is -0.200. The number of aliphatic hydroxyl groups is 1. The Labute approximate surface area is 325 Å². The Hall–Kier alpha value is -2.77. The molecule has 8 atom stereocenters. The van der Waals surface area contributed by atoms with Crippen LogP contribution < -0.4 is 0 Å². The molecule has 0 saturated heterocycles. The van der Waals surface area contributed by atoms with Crippen molar-refractivity contribution in [1.29, 1.82) is 0 Å². The zero-order valence-corrected chi connectivity index (χ0v) is 34.8. The third-order valence-electron chi connectivity index (χ3n) is 17.0. The number of nitrogens with zero attached hydrogens (tertiary/aromatic N) is 2. The van der Waals surface area contributed by atoms with Gasteiger partial charge in [-0.25, -0.2) is 4.79 Å². The van der Waals surface area contributed by atoms with E-state index in [-0.39, 0.29) is 45.2 Å². The summed E-state index contributed by atoms with van der Waals surface area (Å²) in [5.74, 6) is 1.25. The van der Waals surface area contributed by atoms with Crippen molar-refractivity contribution in [2.45, 2.75) is 125 Å².